The van der Waals surface area contributed by atoms with Crippen LogP contribution in [0, 0.1) is 17.3 Å². The predicted molar refractivity (Wildman–Crippen MR) is 101 cm³/mol. The highest BCUT2D eigenvalue weighted by Crippen LogP contribution is 2.64. The topological polar surface area (TPSA) is 40.5 Å². The van der Waals surface area contributed by atoms with E-state index < -0.39 is 5.60 Å². The maximum absolute atomic E-state index is 11.2. The molecule has 1 aromatic rings. The Morgan fingerprint density at radius 2 is 2.04 bits per heavy atom. The molecule has 124 valence electrons. The van der Waals surface area contributed by atoms with Crippen molar-refractivity contribution >= 4 is 22.6 Å². The average molecular weight is 424 g/mol. The maximum atomic E-state index is 11.2. The van der Waals surface area contributed by atoms with Crippen molar-refractivity contribution < 1.29 is 10.2 Å². The molecule has 0 aromatic heterocycles. The number of halogens is 1. The van der Waals surface area contributed by atoms with E-state index in [1.54, 1.807) is 0 Å². The number of aryl methyl sites for hydroxylation is 1. The Balaban J connectivity index is 1.70. The quantitative estimate of drug-likeness (QED) is 0.628. The monoisotopic (exact) mass is 424 g/mol. The molecule has 0 radical (unpaired) electrons. The Hall–Kier alpha value is -0.550. The van der Waals surface area contributed by atoms with E-state index in [4.69, 9.17) is 0 Å². The number of benzene rings is 1. The summed E-state index contributed by atoms with van der Waals surface area (Å²) in [5.41, 5.74) is 2.19. The Kier molecular flexibility index (Phi) is 3.80. The first-order valence-corrected chi connectivity index (χ1v) is 10.1. The second-order valence-electron chi connectivity index (χ2n) is 8.01. The Morgan fingerprint density at radius 3 is 2.83 bits per heavy atom. The van der Waals surface area contributed by atoms with Crippen molar-refractivity contribution in [2.75, 3.05) is 0 Å². The summed E-state index contributed by atoms with van der Waals surface area (Å²) in [4.78, 5) is 0. The molecule has 0 heterocycles. The average Bonchev–Trinajstić information content (AvgIpc) is 2.79. The van der Waals surface area contributed by atoms with Gasteiger partial charge in [0.05, 0.1) is 5.60 Å². The largest absolute Gasteiger partial charge is 0.508 e. The lowest BCUT2D eigenvalue weighted by atomic mass is 9.53. The number of rotatable bonds is 1. The van der Waals surface area contributed by atoms with Gasteiger partial charge in [-0.3, -0.25) is 0 Å². The van der Waals surface area contributed by atoms with Crippen molar-refractivity contribution in [3.05, 3.63) is 39.5 Å². The van der Waals surface area contributed by atoms with E-state index in [0.29, 0.717) is 23.5 Å². The number of phenolic OH excluding ortho intramolecular Hbond substituents is 1. The molecule has 2 saturated carbocycles. The van der Waals surface area contributed by atoms with Crippen LogP contribution in [0.15, 0.2) is 28.4 Å². The zero-order chi connectivity index (χ0) is 16.2. The van der Waals surface area contributed by atoms with Gasteiger partial charge in [-0.15, -0.1) is 0 Å². The van der Waals surface area contributed by atoms with E-state index in [1.807, 2.05) is 22.3 Å². The smallest absolute Gasteiger partial charge is 0.115 e. The highest BCUT2D eigenvalue weighted by molar-refractivity contribution is 14.1. The minimum Gasteiger partial charge on any atom is -0.508 e. The molecule has 2 N–H and O–H groups in total. The van der Waals surface area contributed by atoms with Crippen LogP contribution in [-0.4, -0.2) is 15.8 Å². The summed E-state index contributed by atoms with van der Waals surface area (Å²) in [6, 6.07) is 5.96. The molecule has 4 rings (SSSR count). The number of aliphatic hydroxyl groups is 1. The standard InChI is InChI=1S/C20H25IO2/c1-19-8-6-16-15-5-3-14(22)12-13(15)2-4-17(16)18(19)7-9-20(19,23)10-11-21/h3,5,10-12,16-18,22-23H,2,4,6-9H2,1H3/t16-,17-,18+,19+,20+/m1/s1. The fourth-order valence-electron chi connectivity index (χ4n) is 6.00. The normalized spacial score (nSPS) is 42.3. The van der Waals surface area contributed by atoms with Crippen molar-refractivity contribution in [1.82, 2.24) is 0 Å². The van der Waals surface area contributed by atoms with Crippen LogP contribution in [0.1, 0.15) is 56.1 Å². The van der Waals surface area contributed by atoms with Crippen LogP contribution in [0.25, 0.3) is 0 Å². The Morgan fingerprint density at radius 1 is 1.22 bits per heavy atom. The van der Waals surface area contributed by atoms with E-state index in [1.165, 1.54) is 17.5 Å². The molecule has 1 aromatic carbocycles. The van der Waals surface area contributed by atoms with Gasteiger partial charge in [0.15, 0.2) is 0 Å². The summed E-state index contributed by atoms with van der Waals surface area (Å²) in [6.45, 7) is 2.32. The SMILES string of the molecule is C[C@]12CC[C@@H]3c4ccc(O)cc4CC[C@H]3[C@@H]1CC[C@]2(O)C=CI. The number of phenols is 1. The van der Waals surface area contributed by atoms with Gasteiger partial charge < -0.3 is 10.2 Å². The molecule has 3 heteroatoms. The van der Waals surface area contributed by atoms with Crippen LogP contribution in [0.2, 0.25) is 0 Å². The molecular weight excluding hydrogens is 399 g/mol. The molecule has 0 amide bonds. The maximum Gasteiger partial charge on any atom is 0.115 e. The highest BCUT2D eigenvalue weighted by atomic mass is 127. The second-order valence-corrected chi connectivity index (χ2v) is 8.73. The summed E-state index contributed by atoms with van der Waals surface area (Å²) in [5.74, 6) is 2.30. The molecule has 0 unspecified atom stereocenters. The van der Waals surface area contributed by atoms with Crippen molar-refractivity contribution in [1.29, 1.82) is 0 Å². The van der Waals surface area contributed by atoms with Crippen molar-refractivity contribution in [2.24, 2.45) is 17.3 Å². The summed E-state index contributed by atoms with van der Waals surface area (Å²) < 4.78 is 2.00. The van der Waals surface area contributed by atoms with Crippen molar-refractivity contribution in [2.45, 2.75) is 57.0 Å². The minimum atomic E-state index is -0.626. The fraction of sp³-hybridized carbons (Fsp3) is 0.600. The lowest BCUT2D eigenvalue weighted by molar-refractivity contribution is -0.0708. The first-order valence-electron chi connectivity index (χ1n) is 8.80. The van der Waals surface area contributed by atoms with Crippen LogP contribution in [0.4, 0.5) is 0 Å². The first kappa shape index (κ1) is 15.9. The third kappa shape index (κ3) is 2.22. The zero-order valence-corrected chi connectivity index (χ0v) is 15.8. The van der Waals surface area contributed by atoms with Crippen LogP contribution >= 0.6 is 22.6 Å². The third-order valence-corrected chi connectivity index (χ3v) is 7.62. The first-order chi connectivity index (χ1) is 11.0. The van der Waals surface area contributed by atoms with Gasteiger partial charge in [0.1, 0.15) is 5.75 Å². The Labute approximate surface area is 152 Å². The summed E-state index contributed by atoms with van der Waals surface area (Å²) in [6.07, 6.45) is 8.61. The summed E-state index contributed by atoms with van der Waals surface area (Å²) in [7, 11) is 0. The van der Waals surface area contributed by atoms with Gasteiger partial charge >= 0.3 is 0 Å². The van der Waals surface area contributed by atoms with Gasteiger partial charge in [-0.2, -0.15) is 0 Å². The molecule has 23 heavy (non-hydrogen) atoms. The van der Waals surface area contributed by atoms with Crippen molar-refractivity contribution in [3.8, 4) is 5.75 Å². The molecule has 5 atom stereocenters. The van der Waals surface area contributed by atoms with Crippen molar-refractivity contribution in [3.63, 3.8) is 0 Å². The van der Waals surface area contributed by atoms with E-state index in [9.17, 15) is 10.2 Å². The Bertz CT molecular complexity index is 655. The fourth-order valence-corrected chi connectivity index (χ4v) is 6.59. The van der Waals surface area contributed by atoms with Crippen LogP contribution < -0.4 is 0 Å². The van der Waals surface area contributed by atoms with E-state index in [2.05, 4.69) is 35.6 Å². The molecular formula is C20H25IO2. The minimum absolute atomic E-state index is 0.0181. The molecule has 0 spiro atoms. The van der Waals surface area contributed by atoms with E-state index >= 15 is 0 Å². The molecule has 2 fully saturated rings. The van der Waals surface area contributed by atoms with Gasteiger partial charge in [-0.25, -0.2) is 0 Å². The molecule has 2 nitrogen and oxygen atoms in total. The molecule has 0 aliphatic heterocycles. The van der Waals surface area contributed by atoms with Crippen LogP contribution in [0.5, 0.6) is 5.75 Å². The lowest BCUT2D eigenvalue weighted by Gasteiger charge is -2.52. The number of fused-ring (bicyclic) bond motifs is 5. The van der Waals surface area contributed by atoms with Gasteiger partial charge in [-0.1, -0.05) is 35.6 Å². The molecule has 0 bridgehead atoms. The number of hydrogen-bond acceptors (Lipinski definition) is 2. The molecule has 3 aliphatic rings. The van der Waals surface area contributed by atoms with Gasteiger partial charge in [0.25, 0.3) is 0 Å². The van der Waals surface area contributed by atoms with Gasteiger partial charge in [0.2, 0.25) is 0 Å². The third-order valence-electron chi connectivity index (χ3n) is 7.26. The summed E-state index contributed by atoms with van der Waals surface area (Å²) >= 11 is 2.23. The highest BCUT2D eigenvalue weighted by Gasteiger charge is 2.60. The molecule has 0 saturated heterocycles. The second kappa shape index (κ2) is 5.48. The van der Waals surface area contributed by atoms with E-state index in [0.717, 1.165) is 32.1 Å². The van der Waals surface area contributed by atoms with Gasteiger partial charge in [-0.05, 0) is 89.7 Å². The molecule has 3 aliphatic carbocycles. The number of aromatic hydroxyl groups is 1. The zero-order valence-electron chi connectivity index (χ0n) is 13.6. The van der Waals surface area contributed by atoms with Crippen LogP contribution in [0.3, 0.4) is 0 Å². The predicted octanol–water partition coefficient (Wildman–Crippen LogP) is 4.93. The number of hydrogen-bond donors (Lipinski definition) is 2. The van der Waals surface area contributed by atoms with E-state index in [-0.39, 0.29) is 5.41 Å². The summed E-state index contributed by atoms with van der Waals surface area (Å²) in [5, 5.41) is 21.0. The lowest BCUT2D eigenvalue weighted by Crippen LogP contribution is -2.49. The van der Waals surface area contributed by atoms with Gasteiger partial charge in [0, 0.05) is 5.41 Å². The van der Waals surface area contributed by atoms with Crippen LogP contribution in [-0.2, 0) is 6.42 Å².